The number of hydrogen-bond donors (Lipinski definition) is 1. The summed E-state index contributed by atoms with van der Waals surface area (Å²) in [5.41, 5.74) is 1.06. The van der Waals surface area contributed by atoms with Gasteiger partial charge in [0.25, 0.3) is 0 Å². The number of esters is 1. The fourth-order valence-electron chi connectivity index (χ4n) is 2.64. The van der Waals surface area contributed by atoms with E-state index in [1.54, 1.807) is 0 Å². The van der Waals surface area contributed by atoms with Crippen LogP contribution in [0.1, 0.15) is 82.8 Å². The number of unbranched alkanes of at least 4 members (excludes halogenated alkanes) is 5. The Hall–Kier alpha value is -1.84. The van der Waals surface area contributed by atoms with Gasteiger partial charge in [0.15, 0.2) is 0 Å². The number of carboxylic acid groups (broad SMARTS) is 1. The molecule has 4 nitrogen and oxygen atoms in total. The molecule has 0 aliphatic heterocycles. The van der Waals surface area contributed by atoms with Gasteiger partial charge in [-0.05, 0) is 31.2 Å². The van der Waals surface area contributed by atoms with E-state index in [0.717, 1.165) is 50.5 Å². The van der Waals surface area contributed by atoms with Crippen molar-refractivity contribution in [2.45, 2.75) is 77.2 Å². The molecule has 0 saturated carbocycles. The zero-order valence-corrected chi connectivity index (χ0v) is 14.7. The number of rotatable bonds is 13. The van der Waals surface area contributed by atoms with Crippen molar-refractivity contribution < 1.29 is 19.4 Å². The molecule has 0 heterocycles. The molecule has 134 valence electrons. The van der Waals surface area contributed by atoms with E-state index in [4.69, 9.17) is 9.84 Å². The maximum absolute atomic E-state index is 12.1. The van der Waals surface area contributed by atoms with Crippen molar-refractivity contribution in [2.75, 3.05) is 0 Å². The zero-order chi connectivity index (χ0) is 17.6. The smallest absolute Gasteiger partial charge is 0.306 e. The molecule has 0 aromatic heterocycles. The summed E-state index contributed by atoms with van der Waals surface area (Å²) >= 11 is 0. The summed E-state index contributed by atoms with van der Waals surface area (Å²) in [6.45, 7) is 2.13. The van der Waals surface area contributed by atoms with Crippen LogP contribution >= 0.6 is 0 Å². The number of hydrogen-bond acceptors (Lipinski definition) is 3. The molecular formula is C20H30O4. The van der Waals surface area contributed by atoms with Crippen molar-refractivity contribution >= 4 is 11.9 Å². The monoisotopic (exact) mass is 334 g/mol. The van der Waals surface area contributed by atoms with Gasteiger partial charge in [0.2, 0.25) is 0 Å². The molecule has 1 rings (SSSR count). The van der Waals surface area contributed by atoms with Crippen molar-refractivity contribution in [1.82, 2.24) is 0 Å². The minimum atomic E-state index is -0.738. The third-order valence-corrected chi connectivity index (χ3v) is 4.04. The first-order valence-electron chi connectivity index (χ1n) is 9.09. The lowest BCUT2D eigenvalue weighted by Crippen LogP contribution is -2.11. The molecule has 0 radical (unpaired) electrons. The third kappa shape index (κ3) is 9.33. The minimum Gasteiger partial charge on any atom is -0.481 e. The number of aliphatic carboxylic acids is 1. The molecule has 1 atom stereocenters. The van der Waals surface area contributed by atoms with Crippen LogP contribution in [-0.4, -0.2) is 17.0 Å². The van der Waals surface area contributed by atoms with E-state index >= 15 is 0 Å². The van der Waals surface area contributed by atoms with Gasteiger partial charge < -0.3 is 9.84 Å². The normalized spacial score (nSPS) is 11.9. The molecule has 0 bridgehead atoms. The van der Waals surface area contributed by atoms with Crippen LogP contribution in [0.4, 0.5) is 0 Å². The van der Waals surface area contributed by atoms with E-state index in [1.165, 1.54) is 0 Å². The average Bonchev–Trinajstić information content (AvgIpc) is 2.58. The van der Waals surface area contributed by atoms with Gasteiger partial charge in [-0.25, -0.2) is 0 Å². The molecule has 1 unspecified atom stereocenters. The Morgan fingerprint density at radius 1 is 0.958 bits per heavy atom. The summed E-state index contributed by atoms with van der Waals surface area (Å²) in [6, 6.07) is 9.93. The van der Waals surface area contributed by atoms with E-state index in [-0.39, 0.29) is 18.5 Å². The van der Waals surface area contributed by atoms with Gasteiger partial charge in [0.1, 0.15) is 6.10 Å². The van der Waals surface area contributed by atoms with Crippen LogP contribution in [0.2, 0.25) is 0 Å². The number of carbonyl (C=O) groups excluding carboxylic acids is 1. The fourth-order valence-corrected chi connectivity index (χ4v) is 2.64. The average molecular weight is 334 g/mol. The summed E-state index contributed by atoms with van der Waals surface area (Å²) in [5, 5.41) is 8.57. The van der Waals surface area contributed by atoms with Crippen LogP contribution < -0.4 is 0 Å². The molecule has 1 aromatic rings. The maximum atomic E-state index is 12.1. The fraction of sp³-hybridized carbons (Fsp3) is 0.600. The Labute approximate surface area is 145 Å². The maximum Gasteiger partial charge on any atom is 0.306 e. The largest absolute Gasteiger partial charge is 0.481 e. The highest BCUT2D eigenvalue weighted by Crippen LogP contribution is 2.24. The van der Waals surface area contributed by atoms with Gasteiger partial charge in [-0.3, -0.25) is 9.59 Å². The van der Waals surface area contributed by atoms with E-state index < -0.39 is 5.97 Å². The van der Waals surface area contributed by atoms with Crippen LogP contribution in [0.25, 0.3) is 0 Å². The first kappa shape index (κ1) is 20.2. The van der Waals surface area contributed by atoms with Crippen LogP contribution in [-0.2, 0) is 14.3 Å². The molecule has 0 saturated heterocycles. The van der Waals surface area contributed by atoms with E-state index in [2.05, 4.69) is 6.92 Å². The van der Waals surface area contributed by atoms with E-state index in [1.807, 2.05) is 30.3 Å². The number of ether oxygens (including phenoxy) is 1. The molecule has 0 aliphatic rings. The van der Waals surface area contributed by atoms with E-state index in [9.17, 15) is 9.59 Å². The Balaban J connectivity index is 2.26. The zero-order valence-electron chi connectivity index (χ0n) is 14.7. The first-order valence-corrected chi connectivity index (χ1v) is 9.09. The van der Waals surface area contributed by atoms with Crippen molar-refractivity contribution in [3.63, 3.8) is 0 Å². The highest BCUT2D eigenvalue weighted by atomic mass is 16.5. The van der Waals surface area contributed by atoms with Gasteiger partial charge in [-0.15, -0.1) is 0 Å². The van der Waals surface area contributed by atoms with Gasteiger partial charge >= 0.3 is 11.9 Å². The van der Waals surface area contributed by atoms with Crippen LogP contribution in [0, 0.1) is 0 Å². The summed E-state index contributed by atoms with van der Waals surface area (Å²) < 4.78 is 5.68. The summed E-state index contributed by atoms with van der Waals surface area (Å²) in [4.78, 5) is 22.5. The van der Waals surface area contributed by atoms with Crippen LogP contribution in [0.3, 0.4) is 0 Å². The van der Waals surface area contributed by atoms with Crippen molar-refractivity contribution in [3.8, 4) is 0 Å². The Morgan fingerprint density at radius 3 is 2.21 bits per heavy atom. The van der Waals surface area contributed by atoms with Gasteiger partial charge in [-0.1, -0.05) is 62.9 Å². The lowest BCUT2D eigenvalue weighted by Gasteiger charge is -2.18. The SMILES string of the molecule is CCCCC(OC(=O)CCCCCCCC(=O)O)c1ccccc1. The van der Waals surface area contributed by atoms with Gasteiger partial charge in [0, 0.05) is 12.8 Å². The predicted molar refractivity (Wildman–Crippen MR) is 94.8 cm³/mol. The summed E-state index contributed by atoms with van der Waals surface area (Å²) in [6.07, 6.45) is 7.85. The van der Waals surface area contributed by atoms with Gasteiger partial charge in [-0.2, -0.15) is 0 Å². The number of carboxylic acids is 1. The summed E-state index contributed by atoms with van der Waals surface area (Å²) in [7, 11) is 0. The standard InChI is InChI=1S/C20H30O4/c1-2-3-14-18(17-12-8-7-9-13-17)24-20(23)16-11-6-4-5-10-15-19(21)22/h7-9,12-13,18H,2-6,10-11,14-16H2,1H3,(H,21,22). The van der Waals surface area contributed by atoms with Crippen LogP contribution in [0.15, 0.2) is 30.3 Å². The second-order valence-electron chi connectivity index (χ2n) is 6.19. The topological polar surface area (TPSA) is 63.6 Å². The molecule has 4 heteroatoms. The Morgan fingerprint density at radius 2 is 1.58 bits per heavy atom. The summed E-state index contributed by atoms with van der Waals surface area (Å²) in [5.74, 6) is -0.872. The van der Waals surface area contributed by atoms with E-state index in [0.29, 0.717) is 12.8 Å². The molecule has 24 heavy (non-hydrogen) atoms. The second kappa shape index (κ2) is 12.6. The highest BCUT2D eigenvalue weighted by molar-refractivity contribution is 5.69. The first-order chi connectivity index (χ1) is 11.6. The van der Waals surface area contributed by atoms with Crippen molar-refractivity contribution in [3.05, 3.63) is 35.9 Å². The lowest BCUT2D eigenvalue weighted by molar-refractivity contribution is -0.150. The molecule has 0 fully saturated rings. The molecule has 1 aromatic carbocycles. The van der Waals surface area contributed by atoms with Gasteiger partial charge in [0.05, 0.1) is 0 Å². The lowest BCUT2D eigenvalue weighted by atomic mass is 10.0. The molecule has 0 amide bonds. The molecular weight excluding hydrogens is 304 g/mol. The Kier molecular flexibility index (Phi) is 10.6. The second-order valence-corrected chi connectivity index (χ2v) is 6.19. The minimum absolute atomic E-state index is 0.134. The molecule has 1 N–H and O–H groups in total. The van der Waals surface area contributed by atoms with Crippen LogP contribution in [0.5, 0.6) is 0 Å². The quantitative estimate of drug-likeness (QED) is 0.394. The van der Waals surface area contributed by atoms with Crippen molar-refractivity contribution in [1.29, 1.82) is 0 Å². The number of benzene rings is 1. The third-order valence-electron chi connectivity index (χ3n) is 4.04. The van der Waals surface area contributed by atoms with Crippen molar-refractivity contribution in [2.24, 2.45) is 0 Å². The number of carbonyl (C=O) groups is 2. The predicted octanol–water partition coefficient (Wildman–Crippen LogP) is 5.28. The molecule has 0 aliphatic carbocycles. The molecule has 0 spiro atoms. The highest BCUT2D eigenvalue weighted by Gasteiger charge is 2.15. The Bertz CT molecular complexity index is 470.